The number of Topliss-reactive ketones (excluding diaryl/α,β-unsaturated/α-hetero) is 1. The Hall–Kier alpha value is -1.11. The van der Waals surface area contributed by atoms with Crippen LogP contribution in [0, 0.1) is 0 Å². The van der Waals surface area contributed by atoms with Gasteiger partial charge in [-0.1, -0.05) is 46.8 Å². The summed E-state index contributed by atoms with van der Waals surface area (Å²) in [6.07, 6.45) is 1.03. The van der Waals surface area contributed by atoms with E-state index in [1.165, 1.54) is 11.1 Å². The zero-order chi connectivity index (χ0) is 12.7. The molecule has 16 heavy (non-hydrogen) atoms. The van der Waals surface area contributed by atoms with Crippen LogP contribution in [-0.4, -0.2) is 5.78 Å². The van der Waals surface area contributed by atoms with Crippen molar-refractivity contribution in [2.45, 2.75) is 53.9 Å². The zero-order valence-corrected chi connectivity index (χ0v) is 11.4. The van der Waals surface area contributed by atoms with Crippen molar-refractivity contribution in [2.75, 3.05) is 0 Å². The molecule has 90 valence electrons. The first-order chi connectivity index (χ1) is 7.56. The molecule has 1 heteroatoms. The van der Waals surface area contributed by atoms with Gasteiger partial charge in [-0.25, -0.2) is 0 Å². The molecule has 0 spiro atoms. The molecule has 0 fully saturated rings. The van der Waals surface area contributed by atoms with Gasteiger partial charge in [0.15, 0.2) is 5.78 Å². The maximum absolute atomic E-state index is 11.2. The van der Waals surface area contributed by atoms with Crippen LogP contribution >= 0.6 is 0 Å². The maximum Gasteiger partial charge on any atom is 0.159 e. The summed E-state index contributed by atoms with van der Waals surface area (Å²) in [5, 5.41) is 0. The van der Waals surface area contributed by atoms with Gasteiger partial charge in [-0.05, 0) is 36.5 Å². The highest BCUT2D eigenvalue weighted by molar-refractivity contribution is 5.94. The maximum atomic E-state index is 11.2. The topological polar surface area (TPSA) is 17.1 Å². The van der Waals surface area contributed by atoms with Crippen LogP contribution in [0.3, 0.4) is 0 Å². The van der Waals surface area contributed by atoms with Gasteiger partial charge in [0.25, 0.3) is 0 Å². The molecule has 1 nitrogen and oxygen atoms in total. The number of rotatable bonds is 3. The first kappa shape index (κ1) is 14.9. The number of ketones is 1. The van der Waals surface area contributed by atoms with Crippen LogP contribution in [0.2, 0.25) is 0 Å². The molecule has 0 aliphatic rings. The smallest absolute Gasteiger partial charge is 0.159 e. The molecular weight excluding hydrogens is 196 g/mol. The largest absolute Gasteiger partial charge is 0.295 e. The molecule has 0 aromatic heterocycles. The first-order valence-electron chi connectivity index (χ1n) is 6.20. The number of carbonyl (C=O) groups excluding carboxylic acids is 1. The van der Waals surface area contributed by atoms with Gasteiger partial charge in [0.2, 0.25) is 0 Å². The van der Waals surface area contributed by atoms with Gasteiger partial charge in [0.05, 0.1) is 0 Å². The van der Waals surface area contributed by atoms with E-state index in [-0.39, 0.29) is 5.78 Å². The lowest BCUT2D eigenvalue weighted by Crippen LogP contribution is -2.00. The molecule has 1 aromatic rings. The van der Waals surface area contributed by atoms with Crippen LogP contribution in [0.4, 0.5) is 0 Å². The van der Waals surface area contributed by atoms with E-state index in [0.29, 0.717) is 5.92 Å². The number of hydrogen-bond donors (Lipinski definition) is 0. The molecule has 0 aliphatic heterocycles. The molecule has 0 saturated heterocycles. The summed E-state index contributed by atoms with van der Waals surface area (Å²) in [5.41, 5.74) is 3.48. The SMILES string of the molecule is CC.CCc1ccc(C(C)=O)cc1C(C)C. The first-order valence-corrected chi connectivity index (χ1v) is 6.20. The van der Waals surface area contributed by atoms with Crippen LogP contribution in [-0.2, 0) is 6.42 Å². The third-order valence-electron chi connectivity index (χ3n) is 2.56. The summed E-state index contributed by atoms with van der Waals surface area (Å²) >= 11 is 0. The Bertz CT molecular complexity index is 337. The summed E-state index contributed by atoms with van der Waals surface area (Å²) < 4.78 is 0. The Morgan fingerprint density at radius 1 is 1.25 bits per heavy atom. The molecule has 0 heterocycles. The van der Waals surface area contributed by atoms with Crippen molar-refractivity contribution in [1.82, 2.24) is 0 Å². The summed E-state index contributed by atoms with van der Waals surface area (Å²) in [5.74, 6) is 0.638. The van der Waals surface area contributed by atoms with E-state index in [4.69, 9.17) is 0 Å². The highest BCUT2D eigenvalue weighted by Crippen LogP contribution is 2.21. The molecule has 0 atom stereocenters. The molecule has 1 aromatic carbocycles. The van der Waals surface area contributed by atoms with Gasteiger partial charge in [-0.3, -0.25) is 4.79 Å². The monoisotopic (exact) mass is 220 g/mol. The summed E-state index contributed by atoms with van der Waals surface area (Å²) in [6.45, 7) is 12.1. The predicted octanol–water partition coefficient (Wildman–Crippen LogP) is 4.60. The number of aryl methyl sites for hydroxylation is 1. The number of carbonyl (C=O) groups is 1. The third kappa shape index (κ3) is 3.80. The summed E-state index contributed by atoms with van der Waals surface area (Å²) in [7, 11) is 0. The molecule has 0 unspecified atom stereocenters. The number of hydrogen-bond acceptors (Lipinski definition) is 1. The van der Waals surface area contributed by atoms with E-state index < -0.39 is 0 Å². The molecular formula is C15H24O. The predicted molar refractivity (Wildman–Crippen MR) is 71.3 cm³/mol. The molecule has 0 saturated carbocycles. The van der Waals surface area contributed by atoms with Gasteiger partial charge in [-0.2, -0.15) is 0 Å². The Morgan fingerprint density at radius 2 is 1.81 bits per heavy atom. The average Bonchev–Trinajstić information content (AvgIpc) is 2.30. The molecule has 1 rings (SSSR count). The van der Waals surface area contributed by atoms with Crippen LogP contribution in [0.25, 0.3) is 0 Å². The average molecular weight is 220 g/mol. The molecule has 0 radical (unpaired) electrons. The van der Waals surface area contributed by atoms with Gasteiger partial charge in [0, 0.05) is 5.56 Å². The molecule has 0 N–H and O–H groups in total. The van der Waals surface area contributed by atoms with Crippen molar-refractivity contribution in [3.63, 3.8) is 0 Å². The van der Waals surface area contributed by atoms with Crippen LogP contribution in [0.15, 0.2) is 18.2 Å². The van der Waals surface area contributed by atoms with E-state index >= 15 is 0 Å². The standard InChI is InChI=1S/C13H18O.C2H6/c1-5-11-6-7-12(10(4)14)8-13(11)9(2)3;1-2/h6-9H,5H2,1-4H3;1-2H3. The molecule has 0 aliphatic carbocycles. The second-order valence-electron chi connectivity index (χ2n) is 3.98. The van der Waals surface area contributed by atoms with Crippen LogP contribution in [0.1, 0.15) is 68.9 Å². The Balaban J connectivity index is 0.00000106. The van der Waals surface area contributed by atoms with Gasteiger partial charge in [0.1, 0.15) is 0 Å². The molecule has 0 bridgehead atoms. The van der Waals surface area contributed by atoms with Gasteiger partial charge in [-0.15, -0.1) is 0 Å². The third-order valence-corrected chi connectivity index (χ3v) is 2.56. The summed E-state index contributed by atoms with van der Waals surface area (Å²) in [6, 6.07) is 6.03. The quantitative estimate of drug-likeness (QED) is 0.680. The van der Waals surface area contributed by atoms with Crippen LogP contribution in [0.5, 0.6) is 0 Å². The van der Waals surface area contributed by atoms with Crippen molar-refractivity contribution < 1.29 is 4.79 Å². The Kier molecular flexibility index (Phi) is 6.71. The van der Waals surface area contributed by atoms with Crippen molar-refractivity contribution in [2.24, 2.45) is 0 Å². The van der Waals surface area contributed by atoms with Crippen molar-refractivity contribution >= 4 is 5.78 Å². The second kappa shape index (κ2) is 7.21. The lowest BCUT2D eigenvalue weighted by molar-refractivity contribution is 0.101. The minimum atomic E-state index is 0.148. The fourth-order valence-corrected chi connectivity index (χ4v) is 1.67. The lowest BCUT2D eigenvalue weighted by atomic mass is 9.93. The van der Waals surface area contributed by atoms with E-state index in [0.717, 1.165) is 12.0 Å². The van der Waals surface area contributed by atoms with Gasteiger partial charge >= 0.3 is 0 Å². The van der Waals surface area contributed by atoms with Crippen molar-refractivity contribution in [3.8, 4) is 0 Å². The van der Waals surface area contributed by atoms with E-state index in [1.54, 1.807) is 6.92 Å². The van der Waals surface area contributed by atoms with Crippen molar-refractivity contribution in [1.29, 1.82) is 0 Å². The Morgan fingerprint density at radius 3 is 2.19 bits per heavy atom. The second-order valence-corrected chi connectivity index (χ2v) is 3.98. The molecule has 0 amide bonds. The summed E-state index contributed by atoms with van der Waals surface area (Å²) in [4.78, 5) is 11.2. The highest BCUT2D eigenvalue weighted by atomic mass is 16.1. The minimum Gasteiger partial charge on any atom is -0.295 e. The zero-order valence-electron chi connectivity index (χ0n) is 11.4. The van der Waals surface area contributed by atoms with Gasteiger partial charge < -0.3 is 0 Å². The van der Waals surface area contributed by atoms with E-state index in [2.05, 4.69) is 26.8 Å². The van der Waals surface area contributed by atoms with Crippen LogP contribution < -0.4 is 0 Å². The fraction of sp³-hybridized carbons (Fsp3) is 0.533. The fourth-order valence-electron chi connectivity index (χ4n) is 1.67. The Labute approximate surface area is 99.9 Å². The van der Waals surface area contributed by atoms with E-state index in [9.17, 15) is 4.79 Å². The highest BCUT2D eigenvalue weighted by Gasteiger charge is 2.08. The van der Waals surface area contributed by atoms with Crippen molar-refractivity contribution in [3.05, 3.63) is 34.9 Å². The lowest BCUT2D eigenvalue weighted by Gasteiger charge is -2.12. The normalized spacial score (nSPS) is 9.69. The minimum absolute atomic E-state index is 0.148. The number of benzene rings is 1. The van der Waals surface area contributed by atoms with E-state index in [1.807, 2.05) is 26.0 Å².